The van der Waals surface area contributed by atoms with Crippen molar-refractivity contribution in [3.63, 3.8) is 0 Å². The predicted molar refractivity (Wildman–Crippen MR) is 52.1 cm³/mol. The summed E-state index contributed by atoms with van der Waals surface area (Å²) in [7, 11) is 3.57. The first-order valence-electron chi connectivity index (χ1n) is 4.01. The van der Waals surface area contributed by atoms with Crippen molar-refractivity contribution in [1.29, 1.82) is 0 Å². The average Bonchev–Trinajstić information content (AvgIpc) is 2.07. The van der Waals surface area contributed by atoms with Crippen molar-refractivity contribution in [3.05, 3.63) is 11.8 Å². The number of hydrogen-bond donors (Lipinski definition) is 2. The number of carbonyl (C=O) groups is 1. The molecule has 0 radical (unpaired) electrons. The molecule has 0 amide bonds. The zero-order valence-corrected chi connectivity index (χ0v) is 8.06. The highest BCUT2D eigenvalue weighted by Crippen LogP contribution is 2.11. The van der Waals surface area contributed by atoms with Crippen molar-refractivity contribution in [1.82, 2.24) is 9.97 Å². The zero-order valence-electron chi connectivity index (χ0n) is 8.06. The summed E-state index contributed by atoms with van der Waals surface area (Å²) in [6.45, 7) is 0. The van der Waals surface area contributed by atoms with Crippen LogP contribution in [0.3, 0.4) is 0 Å². The van der Waals surface area contributed by atoms with E-state index in [-0.39, 0.29) is 12.2 Å². The van der Waals surface area contributed by atoms with Crippen LogP contribution in [0.15, 0.2) is 6.20 Å². The zero-order chi connectivity index (χ0) is 10.7. The topological polar surface area (TPSA) is 92.3 Å². The first kappa shape index (κ1) is 10.2. The van der Waals surface area contributed by atoms with Crippen LogP contribution >= 0.6 is 0 Å². The second kappa shape index (κ2) is 3.91. The van der Waals surface area contributed by atoms with Crippen LogP contribution in [0, 0.1) is 0 Å². The Morgan fingerprint density at radius 1 is 1.64 bits per heavy atom. The van der Waals surface area contributed by atoms with Crippen LogP contribution in [0.5, 0.6) is 0 Å². The Morgan fingerprint density at radius 3 is 2.71 bits per heavy atom. The van der Waals surface area contributed by atoms with E-state index in [2.05, 4.69) is 9.97 Å². The Balaban J connectivity index is 2.95. The molecule has 76 valence electrons. The molecule has 14 heavy (non-hydrogen) atoms. The Kier molecular flexibility index (Phi) is 2.85. The van der Waals surface area contributed by atoms with Gasteiger partial charge in [0.2, 0.25) is 5.95 Å². The molecule has 0 aliphatic rings. The molecular weight excluding hydrogens is 184 g/mol. The number of carboxylic acid groups (broad SMARTS) is 1. The highest BCUT2D eigenvalue weighted by molar-refractivity contribution is 5.72. The lowest BCUT2D eigenvalue weighted by Crippen LogP contribution is -2.15. The van der Waals surface area contributed by atoms with Gasteiger partial charge in [0.15, 0.2) is 0 Å². The van der Waals surface area contributed by atoms with Gasteiger partial charge in [-0.1, -0.05) is 0 Å². The first-order valence-corrected chi connectivity index (χ1v) is 4.01. The molecule has 1 aromatic heterocycles. The van der Waals surface area contributed by atoms with Crippen LogP contribution < -0.4 is 10.6 Å². The molecule has 0 aromatic carbocycles. The van der Waals surface area contributed by atoms with Crippen LogP contribution in [-0.4, -0.2) is 35.1 Å². The van der Waals surface area contributed by atoms with E-state index in [0.29, 0.717) is 11.5 Å². The van der Waals surface area contributed by atoms with Crippen molar-refractivity contribution in [2.24, 2.45) is 0 Å². The third kappa shape index (κ3) is 2.32. The number of carboxylic acids is 1. The number of hydrogen-bond acceptors (Lipinski definition) is 5. The van der Waals surface area contributed by atoms with E-state index < -0.39 is 5.97 Å². The third-order valence-corrected chi connectivity index (χ3v) is 1.63. The van der Waals surface area contributed by atoms with Crippen molar-refractivity contribution >= 4 is 17.7 Å². The summed E-state index contributed by atoms with van der Waals surface area (Å²) in [5.74, 6) is -0.263. The van der Waals surface area contributed by atoms with Crippen molar-refractivity contribution in [2.75, 3.05) is 24.7 Å². The van der Waals surface area contributed by atoms with Crippen LogP contribution in [0.25, 0.3) is 0 Å². The normalized spacial score (nSPS) is 9.86. The van der Waals surface area contributed by atoms with Gasteiger partial charge in [0.1, 0.15) is 5.82 Å². The van der Waals surface area contributed by atoms with Crippen LogP contribution in [0.4, 0.5) is 11.8 Å². The summed E-state index contributed by atoms with van der Waals surface area (Å²) in [6, 6.07) is 0. The fraction of sp³-hybridized carbons (Fsp3) is 0.375. The summed E-state index contributed by atoms with van der Waals surface area (Å²) in [6.07, 6.45) is 1.28. The number of nitrogens with zero attached hydrogens (tertiary/aromatic N) is 3. The lowest BCUT2D eigenvalue weighted by atomic mass is 10.2. The monoisotopic (exact) mass is 196 g/mol. The predicted octanol–water partition coefficient (Wildman–Crippen LogP) is -0.248. The molecule has 6 heteroatoms. The molecule has 0 fully saturated rings. The van der Waals surface area contributed by atoms with Gasteiger partial charge in [0, 0.05) is 25.9 Å². The average molecular weight is 196 g/mol. The van der Waals surface area contributed by atoms with Gasteiger partial charge in [-0.3, -0.25) is 4.79 Å². The van der Waals surface area contributed by atoms with Crippen molar-refractivity contribution in [2.45, 2.75) is 6.42 Å². The maximum atomic E-state index is 10.4. The minimum absolute atomic E-state index is 0.153. The summed E-state index contributed by atoms with van der Waals surface area (Å²) >= 11 is 0. The van der Waals surface area contributed by atoms with Crippen LogP contribution in [-0.2, 0) is 11.2 Å². The van der Waals surface area contributed by atoms with Crippen molar-refractivity contribution < 1.29 is 9.90 Å². The Hall–Kier alpha value is -1.85. The first-order chi connectivity index (χ1) is 6.50. The summed E-state index contributed by atoms with van der Waals surface area (Å²) < 4.78 is 0. The van der Waals surface area contributed by atoms with E-state index in [0.717, 1.165) is 0 Å². The fourth-order valence-electron chi connectivity index (χ4n) is 0.925. The molecule has 3 N–H and O–H groups in total. The Labute approximate surface area is 81.4 Å². The van der Waals surface area contributed by atoms with E-state index in [4.69, 9.17) is 10.8 Å². The Morgan fingerprint density at radius 2 is 2.29 bits per heavy atom. The molecule has 0 saturated carbocycles. The number of nitrogen functional groups attached to an aromatic ring is 1. The molecule has 6 nitrogen and oxygen atoms in total. The number of aliphatic carboxylic acids is 1. The molecule has 1 rings (SSSR count). The standard InChI is InChI=1S/C8H12N4O2/c1-12(2)8-10-4-5(3-6(13)14)7(9)11-8/h4H,3H2,1-2H3,(H,13,14)(H2,9,10,11). The largest absolute Gasteiger partial charge is 0.481 e. The SMILES string of the molecule is CN(C)c1ncc(CC(=O)O)c(N)n1. The second-order valence-electron chi connectivity index (χ2n) is 3.05. The smallest absolute Gasteiger partial charge is 0.308 e. The summed E-state index contributed by atoms with van der Waals surface area (Å²) in [4.78, 5) is 20.0. The summed E-state index contributed by atoms with van der Waals surface area (Å²) in [5, 5.41) is 8.55. The van der Waals surface area contributed by atoms with Gasteiger partial charge < -0.3 is 15.7 Å². The highest BCUT2D eigenvalue weighted by atomic mass is 16.4. The van der Waals surface area contributed by atoms with Gasteiger partial charge in [0.05, 0.1) is 6.42 Å². The van der Waals surface area contributed by atoms with E-state index in [9.17, 15) is 4.79 Å². The maximum absolute atomic E-state index is 10.4. The lowest BCUT2D eigenvalue weighted by molar-refractivity contribution is -0.136. The molecule has 1 aromatic rings. The number of aromatic nitrogens is 2. The van der Waals surface area contributed by atoms with E-state index >= 15 is 0 Å². The van der Waals surface area contributed by atoms with E-state index in [1.807, 2.05) is 0 Å². The fourth-order valence-corrected chi connectivity index (χ4v) is 0.925. The third-order valence-electron chi connectivity index (χ3n) is 1.63. The minimum Gasteiger partial charge on any atom is -0.481 e. The lowest BCUT2D eigenvalue weighted by Gasteiger charge is -2.11. The Bertz CT molecular complexity index is 351. The second-order valence-corrected chi connectivity index (χ2v) is 3.05. The minimum atomic E-state index is -0.946. The van der Waals surface area contributed by atoms with Crippen LogP contribution in [0.2, 0.25) is 0 Å². The molecule has 0 saturated heterocycles. The maximum Gasteiger partial charge on any atom is 0.308 e. The summed E-state index contributed by atoms with van der Waals surface area (Å²) in [5.41, 5.74) is 6.00. The van der Waals surface area contributed by atoms with Crippen molar-refractivity contribution in [3.8, 4) is 0 Å². The molecule has 0 unspecified atom stereocenters. The van der Waals surface area contributed by atoms with Gasteiger partial charge in [-0.15, -0.1) is 0 Å². The number of rotatable bonds is 3. The van der Waals surface area contributed by atoms with Gasteiger partial charge in [-0.25, -0.2) is 4.98 Å². The van der Waals surface area contributed by atoms with Gasteiger partial charge in [0.25, 0.3) is 0 Å². The number of anilines is 2. The molecule has 0 aliphatic carbocycles. The van der Waals surface area contributed by atoms with Gasteiger partial charge >= 0.3 is 5.97 Å². The molecule has 0 spiro atoms. The van der Waals surface area contributed by atoms with E-state index in [1.54, 1.807) is 19.0 Å². The molecule has 0 aliphatic heterocycles. The van der Waals surface area contributed by atoms with Gasteiger partial charge in [-0.2, -0.15) is 4.98 Å². The highest BCUT2D eigenvalue weighted by Gasteiger charge is 2.08. The molecule has 1 heterocycles. The van der Waals surface area contributed by atoms with Crippen LogP contribution in [0.1, 0.15) is 5.56 Å². The molecular formula is C8H12N4O2. The quantitative estimate of drug-likeness (QED) is 0.692. The van der Waals surface area contributed by atoms with E-state index in [1.165, 1.54) is 6.20 Å². The molecule has 0 bridgehead atoms. The van der Waals surface area contributed by atoms with Gasteiger partial charge in [-0.05, 0) is 0 Å². The molecule has 0 atom stereocenters. The number of nitrogens with two attached hydrogens (primary N) is 1.